The summed E-state index contributed by atoms with van der Waals surface area (Å²) in [5, 5.41) is 9.43. The third-order valence-corrected chi connectivity index (χ3v) is 6.52. The van der Waals surface area contributed by atoms with Gasteiger partial charge in [0.15, 0.2) is 5.82 Å². The minimum Gasteiger partial charge on any atom is -0.477 e. The van der Waals surface area contributed by atoms with Gasteiger partial charge in [0, 0.05) is 31.5 Å². The molecule has 156 valence electrons. The molecule has 3 aromatic heterocycles. The fourth-order valence-electron chi connectivity index (χ4n) is 4.87. The summed E-state index contributed by atoms with van der Waals surface area (Å²) in [5.74, 6) is -1.52. The average molecular weight is 409 g/mol. The van der Waals surface area contributed by atoms with E-state index in [0.717, 1.165) is 44.3 Å². The van der Waals surface area contributed by atoms with Gasteiger partial charge in [-0.1, -0.05) is 0 Å². The number of rotatable bonds is 4. The van der Waals surface area contributed by atoms with E-state index < -0.39 is 17.3 Å². The molecule has 1 saturated heterocycles. The van der Waals surface area contributed by atoms with Crippen LogP contribution in [0.2, 0.25) is 0 Å². The molecule has 3 aromatic rings. The number of carbonyl (C=O) groups is 1. The molecule has 0 bridgehead atoms. The standard InChI is InChI=1S/C23H24FN3O3/c1-14-20-17(15-4-5-15)12-18(23(29)30)22(28)27(20)13-19(24)21(14)26-10-6-16(7-11-26)25-8-2-3-9-25/h2-3,8-9,12-13,15-16H,4-7,10-11H2,1H3,(H,29,30). The molecule has 1 saturated carbocycles. The maximum atomic E-state index is 15.2. The predicted molar refractivity (Wildman–Crippen MR) is 112 cm³/mol. The summed E-state index contributed by atoms with van der Waals surface area (Å²) in [4.78, 5) is 26.4. The molecule has 2 aliphatic rings. The second-order valence-electron chi connectivity index (χ2n) is 8.42. The molecular formula is C23H24FN3O3. The number of anilines is 1. The van der Waals surface area contributed by atoms with Crippen molar-refractivity contribution in [2.24, 2.45) is 0 Å². The fourth-order valence-corrected chi connectivity index (χ4v) is 4.87. The van der Waals surface area contributed by atoms with Crippen molar-refractivity contribution in [1.82, 2.24) is 8.97 Å². The average Bonchev–Trinajstić information content (AvgIpc) is 3.42. The lowest BCUT2D eigenvalue weighted by molar-refractivity contribution is 0.0694. The van der Waals surface area contributed by atoms with Gasteiger partial charge in [-0.25, -0.2) is 9.18 Å². The molecule has 5 rings (SSSR count). The quantitative estimate of drug-likeness (QED) is 0.708. The number of hydrogen-bond acceptors (Lipinski definition) is 3. The highest BCUT2D eigenvalue weighted by atomic mass is 19.1. The number of carboxylic acid groups (broad SMARTS) is 1. The number of nitrogens with zero attached hydrogens (tertiary/aromatic N) is 3. The molecule has 4 heterocycles. The van der Waals surface area contributed by atoms with E-state index >= 15 is 4.39 Å². The summed E-state index contributed by atoms with van der Waals surface area (Å²) in [6.07, 6.45) is 9.06. The molecule has 2 fully saturated rings. The number of fused-ring (bicyclic) bond motifs is 1. The highest BCUT2D eigenvalue weighted by molar-refractivity contribution is 5.89. The first-order valence-electron chi connectivity index (χ1n) is 10.4. The van der Waals surface area contributed by atoms with E-state index in [0.29, 0.717) is 22.8 Å². The van der Waals surface area contributed by atoms with Gasteiger partial charge in [-0.3, -0.25) is 9.20 Å². The Bertz CT molecular complexity index is 1190. The molecule has 0 aromatic carbocycles. The summed E-state index contributed by atoms with van der Waals surface area (Å²) < 4.78 is 18.7. The van der Waals surface area contributed by atoms with Crippen LogP contribution in [0.25, 0.3) is 5.52 Å². The van der Waals surface area contributed by atoms with Crippen molar-refractivity contribution in [2.45, 2.75) is 44.6 Å². The third kappa shape index (κ3) is 3.00. The Morgan fingerprint density at radius 2 is 1.80 bits per heavy atom. The second kappa shape index (κ2) is 7.00. The Hall–Kier alpha value is -3.09. The van der Waals surface area contributed by atoms with E-state index in [-0.39, 0.29) is 11.5 Å². The molecule has 0 amide bonds. The van der Waals surface area contributed by atoms with Crippen LogP contribution in [0, 0.1) is 12.7 Å². The molecule has 30 heavy (non-hydrogen) atoms. The van der Waals surface area contributed by atoms with Crippen LogP contribution in [0.15, 0.2) is 41.6 Å². The van der Waals surface area contributed by atoms with Crippen LogP contribution >= 0.6 is 0 Å². The van der Waals surface area contributed by atoms with Crippen molar-refractivity contribution in [3.05, 3.63) is 69.7 Å². The number of aromatic nitrogens is 2. The Labute approximate surface area is 173 Å². The maximum Gasteiger partial charge on any atom is 0.341 e. The van der Waals surface area contributed by atoms with Crippen molar-refractivity contribution in [2.75, 3.05) is 18.0 Å². The first-order chi connectivity index (χ1) is 14.5. The van der Waals surface area contributed by atoms with Crippen LogP contribution in [0.4, 0.5) is 10.1 Å². The minimum absolute atomic E-state index is 0.232. The number of halogens is 1. The molecule has 0 spiro atoms. The summed E-state index contributed by atoms with van der Waals surface area (Å²) in [6, 6.07) is 5.94. The lowest BCUT2D eigenvalue weighted by Gasteiger charge is -2.35. The van der Waals surface area contributed by atoms with Gasteiger partial charge in [0.2, 0.25) is 0 Å². The van der Waals surface area contributed by atoms with E-state index in [9.17, 15) is 14.7 Å². The molecule has 1 aliphatic heterocycles. The number of pyridine rings is 2. The van der Waals surface area contributed by atoms with Crippen LogP contribution in [0.5, 0.6) is 0 Å². The van der Waals surface area contributed by atoms with E-state index in [1.807, 2.05) is 19.1 Å². The zero-order chi connectivity index (χ0) is 21.0. The maximum absolute atomic E-state index is 15.2. The van der Waals surface area contributed by atoms with Gasteiger partial charge >= 0.3 is 5.97 Å². The number of piperidine rings is 1. The number of aromatic carboxylic acids is 1. The Kier molecular flexibility index (Phi) is 4.41. The summed E-state index contributed by atoms with van der Waals surface area (Å²) in [7, 11) is 0. The van der Waals surface area contributed by atoms with Crippen molar-refractivity contribution < 1.29 is 14.3 Å². The van der Waals surface area contributed by atoms with E-state index in [2.05, 4.69) is 21.9 Å². The molecule has 0 unspecified atom stereocenters. The van der Waals surface area contributed by atoms with Crippen LogP contribution < -0.4 is 10.5 Å². The Morgan fingerprint density at radius 3 is 2.40 bits per heavy atom. The zero-order valence-corrected chi connectivity index (χ0v) is 16.8. The number of aryl methyl sites for hydroxylation is 1. The smallest absolute Gasteiger partial charge is 0.341 e. The van der Waals surface area contributed by atoms with E-state index in [4.69, 9.17) is 0 Å². The van der Waals surface area contributed by atoms with Crippen molar-refractivity contribution in [1.29, 1.82) is 0 Å². The minimum atomic E-state index is -1.27. The van der Waals surface area contributed by atoms with Gasteiger partial charge in [-0.2, -0.15) is 0 Å². The molecule has 0 atom stereocenters. The van der Waals surface area contributed by atoms with Gasteiger partial charge in [0.25, 0.3) is 5.56 Å². The van der Waals surface area contributed by atoms with Gasteiger partial charge in [0.05, 0.1) is 17.4 Å². The predicted octanol–water partition coefficient (Wildman–Crippen LogP) is 3.97. The van der Waals surface area contributed by atoms with E-state index in [1.165, 1.54) is 16.7 Å². The Balaban J connectivity index is 1.59. The fraction of sp³-hybridized carbons (Fsp3) is 0.391. The van der Waals surface area contributed by atoms with Crippen LogP contribution in [-0.2, 0) is 0 Å². The Morgan fingerprint density at radius 1 is 1.13 bits per heavy atom. The number of hydrogen-bond donors (Lipinski definition) is 1. The SMILES string of the molecule is Cc1c(N2CCC(n3cccc3)CC2)c(F)cn2c(=O)c(C(=O)O)cc(C3CC3)c12. The summed E-state index contributed by atoms with van der Waals surface area (Å²) >= 11 is 0. The summed E-state index contributed by atoms with van der Waals surface area (Å²) in [5.41, 5.74) is 1.77. The highest BCUT2D eigenvalue weighted by Gasteiger charge is 2.31. The van der Waals surface area contributed by atoms with Crippen molar-refractivity contribution in [3.8, 4) is 0 Å². The lowest BCUT2D eigenvalue weighted by atomic mass is 9.99. The second-order valence-corrected chi connectivity index (χ2v) is 8.42. The third-order valence-electron chi connectivity index (χ3n) is 6.52. The highest BCUT2D eigenvalue weighted by Crippen LogP contribution is 2.44. The zero-order valence-electron chi connectivity index (χ0n) is 16.8. The molecule has 1 aliphatic carbocycles. The van der Waals surface area contributed by atoms with Gasteiger partial charge in [-0.15, -0.1) is 0 Å². The first kappa shape index (κ1) is 18.9. The lowest BCUT2D eigenvalue weighted by Crippen LogP contribution is -2.36. The monoisotopic (exact) mass is 409 g/mol. The van der Waals surface area contributed by atoms with E-state index in [1.54, 1.807) is 0 Å². The summed E-state index contributed by atoms with van der Waals surface area (Å²) in [6.45, 7) is 3.30. The number of carboxylic acids is 1. The van der Waals surface area contributed by atoms with Crippen LogP contribution in [0.3, 0.4) is 0 Å². The van der Waals surface area contributed by atoms with Gasteiger partial charge in [0.1, 0.15) is 5.56 Å². The van der Waals surface area contributed by atoms with Crippen molar-refractivity contribution >= 4 is 17.2 Å². The normalized spacial score (nSPS) is 17.6. The van der Waals surface area contributed by atoms with Crippen LogP contribution in [-0.4, -0.2) is 33.1 Å². The largest absolute Gasteiger partial charge is 0.477 e. The van der Waals surface area contributed by atoms with Gasteiger partial charge < -0.3 is 14.6 Å². The molecule has 6 nitrogen and oxygen atoms in total. The molecule has 0 radical (unpaired) electrons. The van der Waals surface area contributed by atoms with Crippen molar-refractivity contribution in [3.63, 3.8) is 0 Å². The van der Waals surface area contributed by atoms with Gasteiger partial charge in [-0.05, 0) is 67.9 Å². The molecule has 7 heteroatoms. The van der Waals surface area contributed by atoms with Crippen LogP contribution in [0.1, 0.15) is 59.1 Å². The molecular weight excluding hydrogens is 385 g/mol. The molecule has 1 N–H and O–H groups in total. The topological polar surface area (TPSA) is 67.0 Å². The first-order valence-corrected chi connectivity index (χ1v) is 10.4.